The third-order valence-electron chi connectivity index (χ3n) is 3.52. The number of hydrogen-bond donors (Lipinski definition) is 1. The second-order valence-electron chi connectivity index (χ2n) is 5.17. The molecule has 0 saturated carbocycles. The predicted octanol–water partition coefficient (Wildman–Crippen LogP) is 0.963. The third-order valence-corrected chi connectivity index (χ3v) is 3.52. The maximum absolute atomic E-state index is 6.10. The number of nitrogens with two attached hydrogens (primary N) is 1. The van der Waals surface area contributed by atoms with E-state index in [1.54, 1.807) is 10.9 Å². The molecule has 0 amide bonds. The average molecular weight is 277 g/mol. The monoisotopic (exact) mass is 277 g/mol. The minimum absolute atomic E-state index is 0.198. The van der Waals surface area contributed by atoms with Crippen molar-refractivity contribution in [3.8, 4) is 0 Å². The number of aromatic nitrogens is 4. The predicted molar refractivity (Wildman–Crippen MR) is 70.8 cm³/mol. The van der Waals surface area contributed by atoms with Crippen molar-refractivity contribution in [2.45, 2.75) is 37.8 Å². The van der Waals surface area contributed by atoms with Crippen molar-refractivity contribution >= 4 is 0 Å². The first kappa shape index (κ1) is 13.3. The van der Waals surface area contributed by atoms with E-state index in [1.807, 2.05) is 13.2 Å². The summed E-state index contributed by atoms with van der Waals surface area (Å²) in [5, 5.41) is 8.08. The lowest BCUT2D eigenvalue weighted by Gasteiger charge is -2.20. The van der Waals surface area contributed by atoms with Crippen LogP contribution in [0.1, 0.15) is 42.6 Å². The Morgan fingerprint density at radius 1 is 1.50 bits per heavy atom. The molecule has 2 aromatic heterocycles. The molecule has 3 heterocycles. The van der Waals surface area contributed by atoms with Crippen molar-refractivity contribution in [2.24, 2.45) is 12.8 Å². The van der Waals surface area contributed by atoms with Gasteiger partial charge >= 0.3 is 0 Å². The van der Waals surface area contributed by atoms with E-state index in [0.717, 1.165) is 25.0 Å². The van der Waals surface area contributed by atoms with E-state index < -0.39 is 6.04 Å². The van der Waals surface area contributed by atoms with Gasteiger partial charge in [-0.1, -0.05) is 5.16 Å². The minimum Gasteiger partial charge on any atom is -0.378 e. The number of aryl methyl sites for hydroxylation is 1. The van der Waals surface area contributed by atoms with Gasteiger partial charge < -0.3 is 15.0 Å². The Morgan fingerprint density at radius 3 is 3.10 bits per heavy atom. The molecule has 2 unspecified atom stereocenters. The molecular weight excluding hydrogens is 258 g/mol. The molecule has 1 saturated heterocycles. The van der Waals surface area contributed by atoms with Gasteiger partial charge in [0.05, 0.1) is 12.3 Å². The van der Waals surface area contributed by atoms with E-state index in [4.69, 9.17) is 15.0 Å². The lowest BCUT2D eigenvalue weighted by Crippen LogP contribution is -2.22. The quantitative estimate of drug-likeness (QED) is 0.895. The van der Waals surface area contributed by atoms with E-state index >= 15 is 0 Å². The topological polar surface area (TPSA) is 92.0 Å². The zero-order chi connectivity index (χ0) is 13.9. The summed E-state index contributed by atoms with van der Waals surface area (Å²) < 4.78 is 12.6. The number of ether oxygens (including phenoxy) is 1. The number of rotatable bonds is 4. The Bertz CT molecular complexity index is 559. The van der Waals surface area contributed by atoms with Gasteiger partial charge in [0.25, 0.3) is 0 Å². The fourth-order valence-corrected chi connectivity index (χ4v) is 2.39. The Hall–Kier alpha value is -1.73. The van der Waals surface area contributed by atoms with Gasteiger partial charge in [-0.25, -0.2) is 0 Å². The normalized spacial score (nSPS) is 21.0. The molecule has 0 bridgehead atoms. The Labute approximate surface area is 117 Å². The second-order valence-corrected chi connectivity index (χ2v) is 5.17. The van der Waals surface area contributed by atoms with Crippen molar-refractivity contribution in [3.63, 3.8) is 0 Å². The highest BCUT2D eigenvalue weighted by Crippen LogP contribution is 2.19. The summed E-state index contributed by atoms with van der Waals surface area (Å²) >= 11 is 0. The van der Waals surface area contributed by atoms with Crippen LogP contribution in [0.15, 0.2) is 16.9 Å². The highest BCUT2D eigenvalue weighted by atomic mass is 16.5. The average Bonchev–Trinajstić information content (AvgIpc) is 3.08. The smallest absolute Gasteiger partial charge is 0.248 e. The van der Waals surface area contributed by atoms with Crippen LogP contribution in [0.25, 0.3) is 0 Å². The van der Waals surface area contributed by atoms with Gasteiger partial charge in [-0.3, -0.25) is 4.68 Å². The lowest BCUT2D eigenvalue weighted by molar-refractivity contribution is 0.0153. The van der Waals surface area contributed by atoms with Crippen molar-refractivity contribution in [1.29, 1.82) is 0 Å². The minimum atomic E-state index is -0.433. The van der Waals surface area contributed by atoms with Crippen LogP contribution < -0.4 is 5.73 Å². The molecule has 0 spiro atoms. The maximum atomic E-state index is 6.10. The molecular formula is C13H19N5O2. The molecule has 7 heteroatoms. The molecule has 0 aromatic carbocycles. The highest BCUT2D eigenvalue weighted by molar-refractivity contribution is 5.16. The zero-order valence-corrected chi connectivity index (χ0v) is 11.5. The zero-order valence-electron chi connectivity index (χ0n) is 11.5. The van der Waals surface area contributed by atoms with Crippen LogP contribution in [0, 0.1) is 0 Å². The molecule has 108 valence electrons. The van der Waals surface area contributed by atoms with Crippen molar-refractivity contribution in [1.82, 2.24) is 19.9 Å². The van der Waals surface area contributed by atoms with Crippen LogP contribution in [0.5, 0.6) is 0 Å². The van der Waals surface area contributed by atoms with Gasteiger partial charge in [0.15, 0.2) is 5.82 Å². The molecule has 0 radical (unpaired) electrons. The summed E-state index contributed by atoms with van der Waals surface area (Å²) in [6, 6.07) is -0.433. The fraction of sp³-hybridized carbons (Fsp3) is 0.615. The van der Waals surface area contributed by atoms with Gasteiger partial charge in [-0.2, -0.15) is 10.1 Å². The van der Waals surface area contributed by atoms with Gasteiger partial charge in [0.1, 0.15) is 6.04 Å². The van der Waals surface area contributed by atoms with E-state index in [9.17, 15) is 0 Å². The molecule has 2 atom stereocenters. The fourth-order valence-electron chi connectivity index (χ4n) is 2.39. The van der Waals surface area contributed by atoms with E-state index in [-0.39, 0.29) is 6.10 Å². The van der Waals surface area contributed by atoms with Crippen molar-refractivity contribution in [3.05, 3.63) is 29.7 Å². The van der Waals surface area contributed by atoms with Crippen molar-refractivity contribution < 1.29 is 9.26 Å². The summed E-state index contributed by atoms with van der Waals surface area (Å²) in [6.45, 7) is 0.824. The standard InChI is InChI=1S/C13H19N5O2/c1-18-8-9(7-15-18)12(14)13-16-11(17-20-13)6-10-4-2-3-5-19-10/h7-8,10,12H,2-6,14H2,1H3. The molecule has 0 aliphatic carbocycles. The van der Waals surface area contributed by atoms with Crippen LogP contribution in [-0.2, 0) is 18.2 Å². The van der Waals surface area contributed by atoms with Crippen LogP contribution in [-0.4, -0.2) is 32.6 Å². The molecule has 7 nitrogen and oxygen atoms in total. The molecule has 1 fully saturated rings. The van der Waals surface area contributed by atoms with Gasteiger partial charge in [-0.05, 0) is 19.3 Å². The first-order chi connectivity index (χ1) is 9.72. The first-order valence-corrected chi connectivity index (χ1v) is 6.90. The summed E-state index contributed by atoms with van der Waals surface area (Å²) in [5.74, 6) is 1.08. The molecule has 1 aliphatic heterocycles. The Kier molecular flexibility index (Phi) is 3.79. The van der Waals surface area contributed by atoms with E-state index in [1.165, 1.54) is 6.42 Å². The molecule has 20 heavy (non-hydrogen) atoms. The molecule has 3 rings (SSSR count). The molecule has 1 aliphatic rings. The first-order valence-electron chi connectivity index (χ1n) is 6.90. The summed E-state index contributed by atoms with van der Waals surface area (Å²) in [4.78, 5) is 4.37. The third kappa shape index (κ3) is 2.88. The molecule has 2 aromatic rings. The number of hydrogen-bond acceptors (Lipinski definition) is 6. The van der Waals surface area contributed by atoms with Gasteiger partial charge in [0.2, 0.25) is 5.89 Å². The maximum Gasteiger partial charge on any atom is 0.248 e. The second kappa shape index (κ2) is 5.72. The summed E-state index contributed by atoms with van der Waals surface area (Å²) in [5.41, 5.74) is 6.95. The Morgan fingerprint density at radius 2 is 2.40 bits per heavy atom. The van der Waals surface area contributed by atoms with Crippen LogP contribution in [0.2, 0.25) is 0 Å². The molecule has 2 N–H and O–H groups in total. The van der Waals surface area contributed by atoms with Crippen LogP contribution in [0.4, 0.5) is 0 Å². The van der Waals surface area contributed by atoms with E-state index in [0.29, 0.717) is 18.1 Å². The van der Waals surface area contributed by atoms with Crippen LogP contribution >= 0.6 is 0 Å². The van der Waals surface area contributed by atoms with Gasteiger partial charge in [0, 0.05) is 31.8 Å². The SMILES string of the molecule is Cn1cc(C(N)c2nc(CC3CCCCO3)no2)cn1. The van der Waals surface area contributed by atoms with Crippen molar-refractivity contribution in [2.75, 3.05) is 6.61 Å². The summed E-state index contributed by atoms with van der Waals surface area (Å²) in [7, 11) is 1.84. The highest BCUT2D eigenvalue weighted by Gasteiger charge is 2.21. The lowest BCUT2D eigenvalue weighted by atomic mass is 10.1. The summed E-state index contributed by atoms with van der Waals surface area (Å²) in [6.07, 6.45) is 7.83. The van der Waals surface area contributed by atoms with Gasteiger partial charge in [-0.15, -0.1) is 0 Å². The van der Waals surface area contributed by atoms with E-state index in [2.05, 4.69) is 15.2 Å². The van der Waals surface area contributed by atoms with Crippen LogP contribution in [0.3, 0.4) is 0 Å². The Balaban J connectivity index is 1.66. The number of nitrogens with zero attached hydrogens (tertiary/aromatic N) is 4. The largest absolute Gasteiger partial charge is 0.378 e.